The van der Waals surface area contributed by atoms with Crippen LogP contribution in [0, 0.1) is 11.3 Å². The summed E-state index contributed by atoms with van der Waals surface area (Å²) in [4.78, 5) is 11.4. The predicted molar refractivity (Wildman–Crippen MR) is 99.8 cm³/mol. The first-order valence-electron chi connectivity index (χ1n) is 9.67. The highest BCUT2D eigenvalue weighted by molar-refractivity contribution is 5.41. The highest BCUT2D eigenvalue weighted by Gasteiger charge is 2.13. The molecule has 0 amide bonds. The molecule has 2 N–H and O–H groups in total. The van der Waals surface area contributed by atoms with Crippen LogP contribution in [-0.4, -0.2) is 14.8 Å². The molecule has 1 heterocycles. The van der Waals surface area contributed by atoms with Crippen LogP contribution in [0.5, 0.6) is 11.5 Å². The molecular weight excluding hydrogens is 316 g/mol. The van der Waals surface area contributed by atoms with Crippen molar-refractivity contribution in [3.05, 3.63) is 22.1 Å². The average molecular weight is 348 g/mol. The molecule has 0 bridgehead atoms. The van der Waals surface area contributed by atoms with Crippen LogP contribution < -0.4 is 5.43 Å². The van der Waals surface area contributed by atoms with Gasteiger partial charge in [0, 0.05) is 6.54 Å². The van der Waals surface area contributed by atoms with E-state index in [1.807, 2.05) is 6.07 Å². The van der Waals surface area contributed by atoms with Crippen LogP contribution in [0.15, 0.2) is 11.0 Å². The summed E-state index contributed by atoms with van der Waals surface area (Å²) in [5.41, 5.74) is -0.964. The van der Waals surface area contributed by atoms with Crippen molar-refractivity contribution in [2.75, 3.05) is 0 Å². The molecule has 0 spiro atoms. The third kappa shape index (κ3) is 7.64. The molecule has 0 saturated heterocycles. The smallest absolute Gasteiger partial charge is 0.266 e. The van der Waals surface area contributed by atoms with E-state index in [9.17, 15) is 15.0 Å². The van der Waals surface area contributed by atoms with Crippen molar-refractivity contribution in [2.24, 2.45) is 0 Å². The Balaban J connectivity index is 2.15. The van der Waals surface area contributed by atoms with Gasteiger partial charge < -0.3 is 14.8 Å². The number of aromatic hydroxyl groups is 2. The fourth-order valence-corrected chi connectivity index (χ4v) is 3.05. The van der Waals surface area contributed by atoms with Crippen molar-refractivity contribution >= 4 is 0 Å². The van der Waals surface area contributed by atoms with Crippen molar-refractivity contribution in [3.63, 3.8) is 0 Å². The zero-order valence-corrected chi connectivity index (χ0v) is 15.5. The average Bonchev–Trinajstić information content (AvgIpc) is 2.61. The van der Waals surface area contributed by atoms with Crippen LogP contribution >= 0.6 is 0 Å². The van der Waals surface area contributed by atoms with E-state index in [0.29, 0.717) is 6.54 Å². The summed E-state index contributed by atoms with van der Waals surface area (Å²) in [6, 6.07) is 1.83. The quantitative estimate of drug-likeness (QED) is 0.500. The molecule has 5 nitrogen and oxygen atoms in total. The van der Waals surface area contributed by atoms with Gasteiger partial charge >= 0.3 is 0 Å². The number of hydrogen-bond donors (Lipinski definition) is 2. The van der Waals surface area contributed by atoms with Crippen molar-refractivity contribution in [3.8, 4) is 17.6 Å². The molecule has 0 fully saturated rings. The molecule has 1 aromatic rings. The SMILES string of the molecule is CCCCCCCCCCCCCCn1cc(O)c(=O)c(O)c1C#N. The lowest BCUT2D eigenvalue weighted by Gasteiger charge is -2.10. The van der Waals surface area contributed by atoms with Crippen LogP contribution in [0.3, 0.4) is 0 Å². The van der Waals surface area contributed by atoms with Gasteiger partial charge in [0.05, 0.1) is 6.20 Å². The van der Waals surface area contributed by atoms with Gasteiger partial charge in [0.15, 0.2) is 11.4 Å². The minimum atomic E-state index is -0.887. The summed E-state index contributed by atoms with van der Waals surface area (Å²) in [6.07, 6.45) is 16.2. The lowest BCUT2D eigenvalue weighted by molar-refractivity contribution is 0.421. The van der Waals surface area contributed by atoms with E-state index in [0.717, 1.165) is 19.3 Å². The lowest BCUT2D eigenvalue weighted by Crippen LogP contribution is -2.11. The van der Waals surface area contributed by atoms with Crippen LogP contribution in [0.25, 0.3) is 0 Å². The first kappa shape index (κ1) is 21.1. The molecule has 1 rings (SSSR count). The maximum atomic E-state index is 11.4. The molecular formula is C20H32N2O3. The Morgan fingerprint density at radius 3 is 1.88 bits per heavy atom. The van der Waals surface area contributed by atoms with Gasteiger partial charge in [-0.3, -0.25) is 4.79 Å². The molecule has 0 saturated carbocycles. The summed E-state index contributed by atoms with van der Waals surface area (Å²) in [5, 5.41) is 28.2. The number of rotatable bonds is 13. The molecule has 0 atom stereocenters. The molecule has 1 aromatic heterocycles. The van der Waals surface area contributed by atoms with Crippen LogP contribution in [0.4, 0.5) is 0 Å². The molecule has 25 heavy (non-hydrogen) atoms. The van der Waals surface area contributed by atoms with Crippen molar-refractivity contribution in [1.82, 2.24) is 4.57 Å². The maximum absolute atomic E-state index is 11.4. The normalized spacial score (nSPS) is 10.7. The third-order valence-electron chi connectivity index (χ3n) is 4.60. The van der Waals surface area contributed by atoms with Gasteiger partial charge in [-0.2, -0.15) is 5.26 Å². The zero-order chi connectivity index (χ0) is 18.5. The van der Waals surface area contributed by atoms with Gasteiger partial charge in [0.25, 0.3) is 5.43 Å². The zero-order valence-electron chi connectivity index (χ0n) is 15.5. The second kappa shape index (κ2) is 12.4. The van der Waals surface area contributed by atoms with Crippen LogP contribution in [0.1, 0.15) is 89.7 Å². The third-order valence-corrected chi connectivity index (χ3v) is 4.60. The lowest BCUT2D eigenvalue weighted by atomic mass is 10.1. The topological polar surface area (TPSA) is 86.2 Å². The van der Waals surface area contributed by atoms with Gasteiger partial charge in [0.1, 0.15) is 6.07 Å². The highest BCUT2D eigenvalue weighted by atomic mass is 16.3. The van der Waals surface area contributed by atoms with Crippen molar-refractivity contribution < 1.29 is 10.2 Å². The Hall–Kier alpha value is -1.96. The fraction of sp³-hybridized carbons (Fsp3) is 0.700. The molecule has 140 valence electrons. The number of aryl methyl sites for hydroxylation is 1. The molecule has 0 aliphatic heterocycles. The van der Waals surface area contributed by atoms with E-state index in [1.165, 1.54) is 68.6 Å². The monoisotopic (exact) mass is 348 g/mol. The fourth-order valence-electron chi connectivity index (χ4n) is 3.05. The van der Waals surface area contributed by atoms with Crippen LogP contribution in [0.2, 0.25) is 0 Å². The standard InChI is InChI=1S/C20H32N2O3/c1-2-3-4-5-6-7-8-9-10-11-12-13-14-22-16-18(23)20(25)19(24)17(22)15-21/h16,23-24H,2-14H2,1H3. The summed E-state index contributed by atoms with van der Waals surface area (Å²) in [6.45, 7) is 2.76. The Morgan fingerprint density at radius 2 is 1.40 bits per heavy atom. The summed E-state index contributed by atoms with van der Waals surface area (Å²) < 4.78 is 1.46. The van der Waals surface area contributed by atoms with E-state index < -0.39 is 16.9 Å². The summed E-state index contributed by atoms with van der Waals surface area (Å²) in [5.74, 6) is -1.18. The second-order valence-corrected chi connectivity index (χ2v) is 6.73. The second-order valence-electron chi connectivity index (χ2n) is 6.73. The number of hydrogen-bond acceptors (Lipinski definition) is 4. The van der Waals surface area contributed by atoms with E-state index in [1.54, 1.807) is 0 Å². The molecule has 5 heteroatoms. The van der Waals surface area contributed by atoms with E-state index in [4.69, 9.17) is 5.26 Å². The molecule has 0 radical (unpaired) electrons. The number of aromatic nitrogens is 1. The Morgan fingerprint density at radius 1 is 0.920 bits per heavy atom. The van der Waals surface area contributed by atoms with E-state index in [-0.39, 0.29) is 5.69 Å². The van der Waals surface area contributed by atoms with Gasteiger partial charge in [-0.1, -0.05) is 77.6 Å². The Labute approximate surface area is 150 Å². The minimum Gasteiger partial charge on any atom is -0.503 e. The van der Waals surface area contributed by atoms with E-state index >= 15 is 0 Å². The molecule has 0 unspecified atom stereocenters. The molecule has 0 aliphatic carbocycles. The summed E-state index contributed by atoms with van der Waals surface area (Å²) in [7, 11) is 0. The first-order valence-corrected chi connectivity index (χ1v) is 9.67. The minimum absolute atomic E-state index is 0.0779. The number of nitriles is 1. The molecule has 0 aliphatic rings. The van der Waals surface area contributed by atoms with Gasteiger partial charge in [-0.05, 0) is 6.42 Å². The van der Waals surface area contributed by atoms with Gasteiger partial charge in [-0.25, -0.2) is 0 Å². The first-order chi connectivity index (χ1) is 12.1. The van der Waals surface area contributed by atoms with Gasteiger partial charge in [0.2, 0.25) is 5.75 Å². The number of unbranched alkanes of at least 4 members (excludes halogenated alkanes) is 11. The van der Waals surface area contributed by atoms with Crippen LogP contribution in [-0.2, 0) is 6.54 Å². The molecule has 0 aromatic carbocycles. The van der Waals surface area contributed by atoms with Gasteiger partial charge in [-0.15, -0.1) is 0 Å². The predicted octanol–water partition coefficient (Wildman–Crippen LogP) is 4.83. The Bertz CT molecular complexity index is 602. The van der Waals surface area contributed by atoms with Crippen molar-refractivity contribution in [2.45, 2.75) is 90.5 Å². The van der Waals surface area contributed by atoms with Crippen molar-refractivity contribution in [1.29, 1.82) is 5.26 Å². The highest BCUT2D eigenvalue weighted by Crippen LogP contribution is 2.17. The summed E-state index contributed by atoms with van der Waals surface area (Å²) >= 11 is 0. The maximum Gasteiger partial charge on any atom is 0.266 e. The largest absolute Gasteiger partial charge is 0.503 e. The Kier molecular flexibility index (Phi) is 10.5. The van der Waals surface area contributed by atoms with E-state index in [2.05, 4.69) is 6.92 Å². The number of nitrogens with zero attached hydrogens (tertiary/aromatic N) is 2. The number of pyridine rings is 1.